The van der Waals surface area contributed by atoms with Crippen molar-refractivity contribution >= 4 is 10.9 Å². The fourth-order valence-electron chi connectivity index (χ4n) is 5.71. The second-order valence-electron chi connectivity index (χ2n) is 10.4. The van der Waals surface area contributed by atoms with Crippen LogP contribution in [0.2, 0.25) is 0 Å². The number of nitrogens with one attached hydrogen (secondary N) is 1. The van der Waals surface area contributed by atoms with Crippen LogP contribution in [-0.2, 0) is 17.8 Å². The molecular weight excluding hydrogens is 510 g/mol. The Bertz CT molecular complexity index is 1490. The van der Waals surface area contributed by atoms with E-state index >= 15 is 0 Å². The van der Waals surface area contributed by atoms with Gasteiger partial charge in [-0.05, 0) is 64.5 Å². The molecule has 2 aliphatic heterocycles. The number of ether oxygens (including phenoxy) is 3. The smallest absolute Gasteiger partial charge is 0.253 e. The minimum absolute atomic E-state index is 0.0756. The topological polar surface area (TPSA) is 111 Å². The first kappa shape index (κ1) is 26.4. The molecule has 0 aliphatic carbocycles. The molecule has 6 rings (SSSR count). The molecular formula is C29H35N7O4. The number of hydrogen-bond acceptors (Lipinski definition) is 9. The predicted molar refractivity (Wildman–Crippen MR) is 150 cm³/mol. The van der Waals surface area contributed by atoms with E-state index in [2.05, 4.69) is 42.4 Å². The van der Waals surface area contributed by atoms with Crippen molar-refractivity contribution < 1.29 is 14.2 Å². The number of benzene rings is 2. The summed E-state index contributed by atoms with van der Waals surface area (Å²) in [4.78, 5) is 21.4. The number of rotatable bonds is 9. The van der Waals surface area contributed by atoms with Crippen molar-refractivity contribution in [3.8, 4) is 11.5 Å². The summed E-state index contributed by atoms with van der Waals surface area (Å²) in [6.45, 7) is 5.45. The van der Waals surface area contributed by atoms with E-state index in [0.29, 0.717) is 23.7 Å². The van der Waals surface area contributed by atoms with E-state index in [1.807, 2.05) is 41.1 Å². The second kappa shape index (κ2) is 11.7. The third kappa shape index (κ3) is 5.58. The van der Waals surface area contributed by atoms with Crippen LogP contribution in [0.25, 0.3) is 10.9 Å². The van der Waals surface area contributed by atoms with Crippen LogP contribution in [-0.4, -0.2) is 88.1 Å². The summed E-state index contributed by atoms with van der Waals surface area (Å²) in [5, 5.41) is 13.8. The SMILES string of the molecule is COc1ccc(CN2CCN([C@H](c3cc4ccc(OC)cc4[nH]c3=O)c3nnnn3C[C@H]3CCCO3)CC2)cc1. The minimum Gasteiger partial charge on any atom is -0.497 e. The molecule has 11 nitrogen and oxygen atoms in total. The van der Waals surface area contributed by atoms with Gasteiger partial charge in [0.25, 0.3) is 5.56 Å². The number of nitrogens with zero attached hydrogens (tertiary/aromatic N) is 6. The molecule has 4 heterocycles. The standard InChI is InChI=1S/C29H35N7O4/c1-38-22-8-5-20(6-9-22)18-34-11-13-35(14-12-34)27(28-31-32-33-36(28)19-24-4-3-15-40-24)25-16-21-7-10-23(39-2)17-26(21)30-29(25)37/h5-10,16-17,24,27H,3-4,11-15,18-19H2,1-2H3,(H,30,37)/t24-,27-/m1/s1. The van der Waals surface area contributed by atoms with Crippen molar-refractivity contribution in [1.82, 2.24) is 35.0 Å². The molecule has 0 amide bonds. The molecule has 2 atom stereocenters. The van der Waals surface area contributed by atoms with Gasteiger partial charge in [-0.1, -0.05) is 12.1 Å². The lowest BCUT2D eigenvalue weighted by atomic mass is 10.0. The molecule has 40 heavy (non-hydrogen) atoms. The first-order valence-corrected chi connectivity index (χ1v) is 13.8. The second-order valence-corrected chi connectivity index (χ2v) is 10.4. The van der Waals surface area contributed by atoms with Crippen LogP contribution in [0.15, 0.2) is 53.3 Å². The fourth-order valence-corrected chi connectivity index (χ4v) is 5.71. The molecule has 0 saturated carbocycles. The van der Waals surface area contributed by atoms with E-state index in [1.54, 1.807) is 14.2 Å². The normalized spacial score (nSPS) is 19.2. The van der Waals surface area contributed by atoms with Crippen LogP contribution in [0, 0.1) is 0 Å². The van der Waals surface area contributed by atoms with Gasteiger partial charge in [0.1, 0.15) is 17.5 Å². The number of fused-ring (bicyclic) bond motifs is 1. The molecule has 4 aromatic rings. The number of H-pyrrole nitrogens is 1. The molecule has 2 saturated heterocycles. The van der Waals surface area contributed by atoms with Crippen LogP contribution >= 0.6 is 0 Å². The van der Waals surface area contributed by atoms with Gasteiger partial charge < -0.3 is 19.2 Å². The van der Waals surface area contributed by atoms with Crippen molar-refractivity contribution in [3.63, 3.8) is 0 Å². The summed E-state index contributed by atoms with van der Waals surface area (Å²) < 4.78 is 18.3. The van der Waals surface area contributed by atoms with Crippen LogP contribution < -0.4 is 15.0 Å². The molecule has 11 heteroatoms. The number of aromatic amines is 1. The maximum atomic E-state index is 13.6. The van der Waals surface area contributed by atoms with Gasteiger partial charge >= 0.3 is 0 Å². The van der Waals surface area contributed by atoms with Crippen molar-refractivity contribution in [2.75, 3.05) is 47.0 Å². The third-order valence-corrected chi connectivity index (χ3v) is 7.92. The molecule has 210 valence electrons. The largest absolute Gasteiger partial charge is 0.497 e. The van der Waals surface area contributed by atoms with Gasteiger partial charge in [0, 0.05) is 51.0 Å². The highest BCUT2D eigenvalue weighted by Crippen LogP contribution is 2.29. The summed E-state index contributed by atoms with van der Waals surface area (Å²) in [5.74, 6) is 2.22. The van der Waals surface area contributed by atoms with E-state index in [9.17, 15) is 4.79 Å². The highest BCUT2D eigenvalue weighted by atomic mass is 16.5. The quantitative estimate of drug-likeness (QED) is 0.339. The molecule has 2 aliphatic rings. The van der Waals surface area contributed by atoms with Gasteiger partial charge in [0.15, 0.2) is 5.82 Å². The van der Waals surface area contributed by atoms with Gasteiger partial charge in [-0.3, -0.25) is 14.6 Å². The van der Waals surface area contributed by atoms with Crippen molar-refractivity contribution in [2.24, 2.45) is 0 Å². The Kier molecular flexibility index (Phi) is 7.76. The van der Waals surface area contributed by atoms with E-state index in [-0.39, 0.29) is 11.7 Å². The molecule has 1 N–H and O–H groups in total. The number of methoxy groups -OCH3 is 2. The molecule has 0 unspecified atom stereocenters. The molecule has 2 aromatic heterocycles. The number of pyridine rings is 1. The summed E-state index contributed by atoms with van der Waals surface area (Å²) in [7, 11) is 3.30. The molecule has 0 spiro atoms. The Balaban J connectivity index is 1.29. The Labute approximate surface area is 232 Å². The number of tetrazole rings is 1. The zero-order valence-electron chi connectivity index (χ0n) is 23.0. The van der Waals surface area contributed by atoms with E-state index in [1.165, 1.54) is 5.56 Å². The highest BCUT2D eigenvalue weighted by molar-refractivity contribution is 5.80. The van der Waals surface area contributed by atoms with E-state index in [4.69, 9.17) is 14.2 Å². The summed E-state index contributed by atoms with van der Waals surface area (Å²) in [6.07, 6.45) is 2.09. The maximum Gasteiger partial charge on any atom is 0.253 e. The molecule has 0 bridgehead atoms. The van der Waals surface area contributed by atoms with Crippen molar-refractivity contribution in [3.05, 3.63) is 75.8 Å². The van der Waals surface area contributed by atoms with Gasteiger partial charge in [-0.15, -0.1) is 5.10 Å². The average Bonchev–Trinajstić information content (AvgIpc) is 3.67. The van der Waals surface area contributed by atoms with Crippen LogP contribution in [0.3, 0.4) is 0 Å². The monoisotopic (exact) mass is 545 g/mol. The Morgan fingerprint density at radius 3 is 2.52 bits per heavy atom. The van der Waals surface area contributed by atoms with Crippen LogP contribution in [0.1, 0.15) is 35.8 Å². The molecule has 0 radical (unpaired) electrons. The lowest BCUT2D eigenvalue weighted by Crippen LogP contribution is -2.48. The van der Waals surface area contributed by atoms with Gasteiger partial charge in [0.2, 0.25) is 0 Å². The van der Waals surface area contributed by atoms with Gasteiger partial charge in [-0.25, -0.2) is 4.68 Å². The lowest BCUT2D eigenvalue weighted by Gasteiger charge is -2.38. The Morgan fingerprint density at radius 1 is 1.02 bits per heavy atom. The number of hydrogen-bond donors (Lipinski definition) is 1. The lowest BCUT2D eigenvalue weighted by molar-refractivity contribution is 0.0840. The summed E-state index contributed by atoms with van der Waals surface area (Å²) in [5.41, 5.74) is 2.45. The first-order valence-electron chi connectivity index (χ1n) is 13.8. The van der Waals surface area contributed by atoms with Crippen molar-refractivity contribution in [1.29, 1.82) is 0 Å². The minimum atomic E-state index is -0.394. The first-order chi connectivity index (χ1) is 19.6. The zero-order chi connectivity index (χ0) is 27.5. The van der Waals surface area contributed by atoms with E-state index in [0.717, 1.165) is 68.8 Å². The maximum absolute atomic E-state index is 13.6. The number of aromatic nitrogens is 5. The Hall–Kier alpha value is -3.80. The Morgan fingerprint density at radius 2 is 1.80 bits per heavy atom. The summed E-state index contributed by atoms with van der Waals surface area (Å²) in [6, 6.07) is 15.5. The van der Waals surface area contributed by atoms with Crippen LogP contribution in [0.4, 0.5) is 0 Å². The average molecular weight is 546 g/mol. The van der Waals surface area contributed by atoms with E-state index < -0.39 is 6.04 Å². The predicted octanol–water partition coefficient (Wildman–Crippen LogP) is 2.62. The van der Waals surface area contributed by atoms with Crippen molar-refractivity contribution in [2.45, 2.75) is 38.1 Å². The van der Waals surface area contributed by atoms with Crippen LogP contribution in [0.5, 0.6) is 11.5 Å². The van der Waals surface area contributed by atoms with Gasteiger partial charge in [0.05, 0.1) is 32.4 Å². The molecule has 2 aromatic carbocycles. The molecule has 2 fully saturated rings. The third-order valence-electron chi connectivity index (χ3n) is 7.92. The van der Waals surface area contributed by atoms with Gasteiger partial charge in [-0.2, -0.15) is 0 Å². The summed E-state index contributed by atoms with van der Waals surface area (Å²) >= 11 is 0. The highest BCUT2D eigenvalue weighted by Gasteiger charge is 2.33. The fraction of sp³-hybridized carbons (Fsp3) is 0.448. The zero-order valence-corrected chi connectivity index (χ0v) is 23.0. The number of piperazine rings is 1.